The normalized spacial score (nSPS) is 12.4. The zero-order chi connectivity index (χ0) is 17.5. The molecule has 0 spiro atoms. The first-order chi connectivity index (χ1) is 10.7. The Morgan fingerprint density at radius 3 is 2.48 bits per heavy atom. The lowest BCUT2D eigenvalue weighted by Crippen LogP contribution is -3.11. The Balaban J connectivity index is 2.39. The number of halogens is 3. The first kappa shape index (κ1) is 18.8. The third kappa shape index (κ3) is 8.05. The quantitative estimate of drug-likeness (QED) is 0.648. The van der Waals surface area contributed by atoms with Crippen LogP contribution in [0, 0.1) is 0 Å². The van der Waals surface area contributed by atoms with Crippen molar-refractivity contribution in [3.8, 4) is 5.75 Å². The van der Waals surface area contributed by atoms with Crippen molar-refractivity contribution in [2.45, 2.75) is 6.18 Å². The largest absolute Gasteiger partial charge is 0.497 e. The van der Waals surface area contributed by atoms with Crippen molar-refractivity contribution in [1.29, 1.82) is 0 Å². The average molecular weight is 334 g/mol. The Morgan fingerprint density at radius 1 is 1.22 bits per heavy atom. The highest BCUT2D eigenvalue weighted by atomic mass is 19.4. The van der Waals surface area contributed by atoms with Gasteiger partial charge in [0.05, 0.1) is 14.2 Å². The molecule has 0 saturated carbocycles. The van der Waals surface area contributed by atoms with Crippen molar-refractivity contribution in [1.82, 2.24) is 5.32 Å². The molecule has 0 aromatic heterocycles. The van der Waals surface area contributed by atoms with Gasteiger partial charge in [-0.3, -0.25) is 9.59 Å². The van der Waals surface area contributed by atoms with E-state index < -0.39 is 18.6 Å². The Kier molecular flexibility index (Phi) is 6.83. The number of alkyl halides is 3. The molecule has 128 valence electrons. The Bertz CT molecular complexity index is 550. The lowest BCUT2D eigenvalue weighted by Gasteiger charge is -2.14. The van der Waals surface area contributed by atoms with E-state index in [1.165, 1.54) is 7.11 Å². The summed E-state index contributed by atoms with van der Waals surface area (Å²) in [6.07, 6.45) is -4.45. The van der Waals surface area contributed by atoms with Crippen LogP contribution in [0.2, 0.25) is 0 Å². The van der Waals surface area contributed by atoms with E-state index in [0.29, 0.717) is 16.3 Å². The topological polar surface area (TPSA) is 71.9 Å². The van der Waals surface area contributed by atoms with Crippen LogP contribution in [0.4, 0.5) is 18.9 Å². The van der Waals surface area contributed by atoms with Gasteiger partial charge in [-0.25, -0.2) is 0 Å². The molecule has 0 saturated heterocycles. The molecule has 1 aromatic rings. The van der Waals surface area contributed by atoms with Gasteiger partial charge in [0, 0.05) is 11.8 Å². The van der Waals surface area contributed by atoms with Crippen molar-refractivity contribution >= 4 is 17.5 Å². The summed E-state index contributed by atoms with van der Waals surface area (Å²) in [7, 11) is 3.04. The minimum absolute atomic E-state index is 0.0589. The highest BCUT2D eigenvalue weighted by Crippen LogP contribution is 2.16. The van der Waals surface area contributed by atoms with Crippen LogP contribution >= 0.6 is 0 Å². The van der Waals surface area contributed by atoms with Crippen LogP contribution in [-0.2, 0) is 9.59 Å². The van der Waals surface area contributed by atoms with Crippen LogP contribution < -0.4 is 20.3 Å². The predicted molar refractivity (Wildman–Crippen MR) is 77.3 cm³/mol. The van der Waals surface area contributed by atoms with Crippen LogP contribution in [0.3, 0.4) is 0 Å². The summed E-state index contributed by atoms with van der Waals surface area (Å²) in [6.45, 7) is -1.67. The number of ether oxygens (including phenoxy) is 1. The van der Waals surface area contributed by atoms with Crippen LogP contribution in [0.1, 0.15) is 0 Å². The van der Waals surface area contributed by atoms with E-state index in [9.17, 15) is 22.8 Å². The van der Waals surface area contributed by atoms with Crippen LogP contribution in [0.5, 0.6) is 5.75 Å². The number of amides is 2. The maximum atomic E-state index is 12.0. The smallest absolute Gasteiger partial charge is 0.405 e. The van der Waals surface area contributed by atoms with Crippen molar-refractivity contribution in [2.24, 2.45) is 0 Å². The molecule has 3 N–H and O–H groups in total. The monoisotopic (exact) mass is 334 g/mol. The van der Waals surface area contributed by atoms with Gasteiger partial charge in [-0.15, -0.1) is 0 Å². The van der Waals surface area contributed by atoms with E-state index in [2.05, 4.69) is 5.32 Å². The van der Waals surface area contributed by atoms with Crippen LogP contribution in [-0.4, -0.2) is 51.8 Å². The minimum atomic E-state index is -4.45. The molecular weight excluding hydrogens is 315 g/mol. The molecule has 1 unspecified atom stereocenters. The molecule has 6 nitrogen and oxygen atoms in total. The maximum absolute atomic E-state index is 12.0. The summed E-state index contributed by atoms with van der Waals surface area (Å²) < 4.78 is 40.9. The molecule has 2 amide bonds. The molecule has 9 heteroatoms. The number of nitrogens with one attached hydrogen (secondary N) is 3. The summed E-state index contributed by atoms with van der Waals surface area (Å²) in [6, 6.07) is 6.72. The number of likely N-dealkylation sites (N-methyl/N-ethyl adjacent to an activating group) is 1. The lowest BCUT2D eigenvalue weighted by molar-refractivity contribution is -0.862. The fraction of sp³-hybridized carbons (Fsp3) is 0.429. The molecule has 1 aromatic carbocycles. The van der Waals surface area contributed by atoms with E-state index in [4.69, 9.17) is 4.74 Å². The number of carbonyl (C=O) groups excluding carboxylic acids is 2. The van der Waals surface area contributed by atoms with Crippen molar-refractivity contribution in [3.05, 3.63) is 24.3 Å². The van der Waals surface area contributed by atoms with Crippen LogP contribution in [0.15, 0.2) is 24.3 Å². The molecule has 1 atom stereocenters. The van der Waals surface area contributed by atoms with E-state index in [0.717, 1.165) is 0 Å². The third-order valence-electron chi connectivity index (χ3n) is 2.76. The summed E-state index contributed by atoms with van der Waals surface area (Å²) in [5.41, 5.74) is 0.531. The summed E-state index contributed by atoms with van der Waals surface area (Å²) in [4.78, 5) is 23.6. The molecule has 1 rings (SSSR count). The number of hydrogen-bond donors (Lipinski definition) is 3. The molecular formula is C14H19F3N3O3+. The standard InChI is InChI=1S/C14H18F3N3O3/c1-20(7-12(21)18-9-14(15,16)17)8-13(22)19-10-4-3-5-11(6-10)23-2/h3-6H,7-9H2,1-2H3,(H,18,21)(H,19,22)/p+1. The van der Waals surface area contributed by atoms with Gasteiger partial charge in [0.2, 0.25) is 0 Å². The maximum Gasteiger partial charge on any atom is 0.405 e. The SMILES string of the molecule is COc1cccc(NC(=O)C[NH+](C)CC(=O)NCC(F)(F)F)c1. The van der Waals surface area contributed by atoms with Gasteiger partial charge in [0.25, 0.3) is 11.8 Å². The molecule has 0 aliphatic rings. The van der Waals surface area contributed by atoms with Gasteiger partial charge in [0.15, 0.2) is 13.1 Å². The number of hydrogen-bond acceptors (Lipinski definition) is 3. The number of benzene rings is 1. The Hall–Kier alpha value is -2.29. The summed E-state index contributed by atoms with van der Waals surface area (Å²) >= 11 is 0. The lowest BCUT2D eigenvalue weighted by atomic mass is 10.3. The zero-order valence-corrected chi connectivity index (χ0v) is 12.8. The molecule has 0 aliphatic carbocycles. The van der Waals surface area contributed by atoms with Gasteiger partial charge in [0.1, 0.15) is 12.3 Å². The molecule has 0 aliphatic heterocycles. The van der Waals surface area contributed by atoms with Gasteiger partial charge >= 0.3 is 6.18 Å². The first-order valence-electron chi connectivity index (χ1n) is 6.78. The first-order valence-corrected chi connectivity index (χ1v) is 6.78. The molecule has 0 radical (unpaired) electrons. The summed E-state index contributed by atoms with van der Waals surface area (Å²) in [5, 5.41) is 4.38. The Labute approximate surface area is 131 Å². The second-order valence-corrected chi connectivity index (χ2v) is 4.98. The molecule has 23 heavy (non-hydrogen) atoms. The number of anilines is 1. The van der Waals surface area contributed by atoms with Gasteiger partial charge < -0.3 is 20.3 Å². The number of rotatable bonds is 7. The van der Waals surface area contributed by atoms with Crippen molar-refractivity contribution < 1.29 is 32.4 Å². The van der Waals surface area contributed by atoms with E-state index >= 15 is 0 Å². The summed E-state index contributed by atoms with van der Waals surface area (Å²) in [5.74, 6) is -0.552. The fourth-order valence-corrected chi connectivity index (χ4v) is 1.78. The highest BCUT2D eigenvalue weighted by molar-refractivity contribution is 5.91. The third-order valence-corrected chi connectivity index (χ3v) is 2.76. The van der Waals surface area contributed by atoms with E-state index in [-0.39, 0.29) is 19.0 Å². The van der Waals surface area contributed by atoms with Crippen molar-refractivity contribution in [3.63, 3.8) is 0 Å². The highest BCUT2D eigenvalue weighted by Gasteiger charge is 2.28. The number of quaternary nitrogens is 1. The molecule has 0 bridgehead atoms. The van der Waals surface area contributed by atoms with Crippen LogP contribution in [0.25, 0.3) is 0 Å². The average Bonchev–Trinajstić information content (AvgIpc) is 2.44. The number of carbonyl (C=O) groups is 2. The zero-order valence-electron chi connectivity index (χ0n) is 12.8. The second kappa shape index (κ2) is 8.37. The van der Waals surface area contributed by atoms with Gasteiger partial charge in [-0.2, -0.15) is 13.2 Å². The van der Waals surface area contributed by atoms with Crippen molar-refractivity contribution in [2.75, 3.05) is 39.1 Å². The fourth-order valence-electron chi connectivity index (χ4n) is 1.78. The second-order valence-electron chi connectivity index (χ2n) is 4.98. The molecule has 0 heterocycles. The van der Waals surface area contributed by atoms with E-state index in [1.54, 1.807) is 36.6 Å². The van der Waals surface area contributed by atoms with Gasteiger partial charge in [-0.1, -0.05) is 6.07 Å². The predicted octanol–water partition coefficient (Wildman–Crippen LogP) is -0.173. The Morgan fingerprint density at radius 2 is 1.87 bits per heavy atom. The molecule has 0 fully saturated rings. The van der Waals surface area contributed by atoms with Gasteiger partial charge in [-0.05, 0) is 12.1 Å². The van der Waals surface area contributed by atoms with E-state index in [1.807, 2.05) is 0 Å². The minimum Gasteiger partial charge on any atom is -0.497 e. The number of methoxy groups -OCH3 is 1.